The van der Waals surface area contributed by atoms with Gasteiger partial charge in [0.05, 0.1) is 12.5 Å². The summed E-state index contributed by atoms with van der Waals surface area (Å²) < 4.78 is 1.29. The number of aliphatic carboxylic acids is 1. The van der Waals surface area contributed by atoms with Gasteiger partial charge in [0.1, 0.15) is 0 Å². The second-order valence-corrected chi connectivity index (χ2v) is 1.58. The van der Waals surface area contributed by atoms with Gasteiger partial charge in [-0.15, -0.1) is 0 Å². The molecule has 0 spiro atoms. The first-order valence-electron chi connectivity index (χ1n) is 2.46. The number of carbonyl (C=O) groups excluding carboxylic acids is 1. The molecule has 0 saturated heterocycles. The molecule has 0 amide bonds. The summed E-state index contributed by atoms with van der Waals surface area (Å²) in [6.07, 6.45) is 3.08. The molecule has 0 aliphatic carbocycles. The maximum atomic E-state index is 9.89. The Morgan fingerprint density at radius 2 is 2.40 bits per heavy atom. The zero-order valence-corrected chi connectivity index (χ0v) is 8.77. The Balaban J connectivity index is 0.000000810. The van der Waals surface area contributed by atoms with Crippen LogP contribution in [0.15, 0.2) is 18.5 Å². The molecular formula is C5H5KN2O2. The van der Waals surface area contributed by atoms with E-state index in [4.69, 9.17) is 0 Å². The van der Waals surface area contributed by atoms with Crippen LogP contribution in [0.2, 0.25) is 0 Å². The van der Waals surface area contributed by atoms with E-state index in [0.29, 0.717) is 0 Å². The summed E-state index contributed by atoms with van der Waals surface area (Å²) in [5.74, 6) is -1.13. The third-order valence-electron chi connectivity index (χ3n) is 0.850. The smallest absolute Gasteiger partial charge is 0.548 e. The average Bonchev–Trinajstić information content (AvgIpc) is 2.15. The zero-order valence-electron chi connectivity index (χ0n) is 5.65. The Bertz CT molecular complexity index is 197. The van der Waals surface area contributed by atoms with Crippen molar-refractivity contribution in [1.82, 2.24) is 9.78 Å². The summed E-state index contributed by atoms with van der Waals surface area (Å²) in [5.41, 5.74) is 0. The average molecular weight is 164 g/mol. The fraction of sp³-hybridized carbons (Fsp3) is 0.200. The van der Waals surface area contributed by atoms with E-state index in [9.17, 15) is 9.90 Å². The maximum absolute atomic E-state index is 9.89. The summed E-state index contributed by atoms with van der Waals surface area (Å²) in [5, 5.41) is 13.5. The molecule has 48 valence electrons. The van der Waals surface area contributed by atoms with Crippen molar-refractivity contribution in [3.8, 4) is 0 Å². The van der Waals surface area contributed by atoms with Gasteiger partial charge in [0.15, 0.2) is 0 Å². The van der Waals surface area contributed by atoms with Gasteiger partial charge in [-0.05, 0) is 6.07 Å². The predicted octanol–water partition coefficient (Wildman–Crippen LogP) is -4.36. The summed E-state index contributed by atoms with van der Waals surface area (Å²) >= 11 is 0. The molecule has 1 aromatic rings. The number of rotatable bonds is 2. The van der Waals surface area contributed by atoms with Gasteiger partial charge in [0, 0.05) is 12.4 Å². The van der Waals surface area contributed by atoms with Crippen molar-refractivity contribution in [2.24, 2.45) is 0 Å². The van der Waals surface area contributed by atoms with Crippen molar-refractivity contribution in [1.29, 1.82) is 0 Å². The van der Waals surface area contributed by atoms with Crippen LogP contribution in [0.4, 0.5) is 0 Å². The number of carboxylic acid groups (broad SMARTS) is 1. The van der Waals surface area contributed by atoms with Gasteiger partial charge in [0.25, 0.3) is 0 Å². The predicted molar refractivity (Wildman–Crippen MR) is 27.2 cm³/mol. The van der Waals surface area contributed by atoms with E-state index in [0.717, 1.165) is 0 Å². The number of hydrogen-bond donors (Lipinski definition) is 0. The van der Waals surface area contributed by atoms with E-state index in [1.54, 1.807) is 12.3 Å². The first kappa shape index (κ1) is 10.3. The minimum absolute atomic E-state index is 0. The van der Waals surface area contributed by atoms with Crippen LogP contribution in [-0.4, -0.2) is 15.7 Å². The van der Waals surface area contributed by atoms with Crippen LogP contribution in [0.1, 0.15) is 0 Å². The van der Waals surface area contributed by atoms with Crippen LogP contribution in [0.5, 0.6) is 0 Å². The number of carboxylic acids is 1. The topological polar surface area (TPSA) is 57.9 Å². The molecule has 0 aliphatic heterocycles. The fourth-order valence-electron chi connectivity index (χ4n) is 0.526. The zero-order chi connectivity index (χ0) is 6.69. The quantitative estimate of drug-likeness (QED) is 0.415. The third-order valence-corrected chi connectivity index (χ3v) is 0.850. The third kappa shape index (κ3) is 3.48. The van der Waals surface area contributed by atoms with E-state index in [2.05, 4.69) is 5.10 Å². The Labute approximate surface area is 101 Å². The van der Waals surface area contributed by atoms with Crippen molar-refractivity contribution in [2.75, 3.05) is 0 Å². The molecule has 0 aliphatic rings. The van der Waals surface area contributed by atoms with Crippen LogP contribution in [0.25, 0.3) is 0 Å². The molecular weight excluding hydrogens is 159 g/mol. The molecule has 0 unspecified atom stereocenters. The van der Waals surface area contributed by atoms with Crippen LogP contribution >= 0.6 is 0 Å². The van der Waals surface area contributed by atoms with Crippen LogP contribution in [0, 0.1) is 0 Å². The molecule has 1 aromatic heterocycles. The molecule has 1 heterocycles. The molecule has 0 aromatic carbocycles. The minimum atomic E-state index is -1.13. The molecule has 10 heavy (non-hydrogen) atoms. The van der Waals surface area contributed by atoms with Crippen molar-refractivity contribution in [3.05, 3.63) is 18.5 Å². The first-order valence-corrected chi connectivity index (χ1v) is 2.46. The van der Waals surface area contributed by atoms with Crippen molar-refractivity contribution in [2.45, 2.75) is 6.54 Å². The molecule has 0 atom stereocenters. The summed E-state index contributed by atoms with van der Waals surface area (Å²) in [6, 6.07) is 1.66. The Kier molecular flexibility index (Phi) is 5.19. The largest absolute Gasteiger partial charge is 1.00 e. The van der Waals surface area contributed by atoms with Crippen molar-refractivity contribution < 1.29 is 61.3 Å². The SMILES string of the molecule is O=C([O-])Cn1cccn1.[K+]. The summed E-state index contributed by atoms with van der Waals surface area (Å²) in [7, 11) is 0. The van der Waals surface area contributed by atoms with E-state index >= 15 is 0 Å². The van der Waals surface area contributed by atoms with Crippen LogP contribution in [-0.2, 0) is 11.3 Å². The number of carbonyl (C=O) groups is 1. The van der Waals surface area contributed by atoms with Gasteiger partial charge in [-0.3, -0.25) is 4.68 Å². The van der Waals surface area contributed by atoms with Gasteiger partial charge in [-0.2, -0.15) is 5.10 Å². The molecule has 0 radical (unpaired) electrons. The first-order chi connectivity index (χ1) is 4.29. The van der Waals surface area contributed by atoms with E-state index in [-0.39, 0.29) is 57.9 Å². The minimum Gasteiger partial charge on any atom is -0.548 e. The van der Waals surface area contributed by atoms with E-state index in [1.807, 2.05) is 0 Å². The molecule has 5 heteroatoms. The molecule has 0 saturated carbocycles. The van der Waals surface area contributed by atoms with Gasteiger partial charge in [-0.25, -0.2) is 0 Å². The number of hydrogen-bond acceptors (Lipinski definition) is 3. The monoisotopic (exact) mass is 164 g/mol. The van der Waals surface area contributed by atoms with Crippen molar-refractivity contribution in [3.63, 3.8) is 0 Å². The van der Waals surface area contributed by atoms with E-state index < -0.39 is 5.97 Å². The maximum Gasteiger partial charge on any atom is 1.00 e. The van der Waals surface area contributed by atoms with Gasteiger partial charge < -0.3 is 9.90 Å². The second kappa shape index (κ2) is 5.03. The fourth-order valence-corrected chi connectivity index (χ4v) is 0.526. The van der Waals surface area contributed by atoms with E-state index in [1.165, 1.54) is 10.9 Å². The Morgan fingerprint density at radius 1 is 1.70 bits per heavy atom. The molecule has 0 fully saturated rings. The molecule has 1 rings (SSSR count). The van der Waals surface area contributed by atoms with Crippen molar-refractivity contribution >= 4 is 5.97 Å². The normalized spacial score (nSPS) is 8.40. The summed E-state index contributed by atoms with van der Waals surface area (Å²) in [6.45, 7) is -0.174. The Hall–Kier alpha value is 0.316. The second-order valence-electron chi connectivity index (χ2n) is 1.58. The number of nitrogens with zero attached hydrogens (tertiary/aromatic N) is 2. The van der Waals surface area contributed by atoms with Gasteiger partial charge >= 0.3 is 51.4 Å². The summed E-state index contributed by atoms with van der Waals surface area (Å²) in [4.78, 5) is 9.89. The van der Waals surface area contributed by atoms with Crippen LogP contribution in [0.3, 0.4) is 0 Å². The van der Waals surface area contributed by atoms with Gasteiger partial charge in [-0.1, -0.05) is 0 Å². The molecule has 0 bridgehead atoms. The standard InChI is InChI=1S/C5H6N2O2.K/c8-5(9)4-7-3-1-2-6-7;/h1-3H,4H2,(H,8,9);/q;+1/p-1. The van der Waals surface area contributed by atoms with Gasteiger partial charge in [0.2, 0.25) is 0 Å². The number of aromatic nitrogens is 2. The molecule has 4 nitrogen and oxygen atoms in total. The van der Waals surface area contributed by atoms with Crippen LogP contribution < -0.4 is 56.5 Å². The Morgan fingerprint density at radius 3 is 2.80 bits per heavy atom. The molecule has 0 N–H and O–H groups in total.